The van der Waals surface area contributed by atoms with Crippen molar-refractivity contribution in [2.45, 2.75) is 40.3 Å². The van der Waals surface area contributed by atoms with Crippen molar-refractivity contribution in [1.82, 2.24) is 15.5 Å². The van der Waals surface area contributed by atoms with Crippen molar-refractivity contribution in [2.75, 3.05) is 0 Å². The van der Waals surface area contributed by atoms with Gasteiger partial charge < -0.3 is 14.3 Å². The molecule has 0 radical (unpaired) electrons. The second kappa shape index (κ2) is 4.71. The van der Waals surface area contributed by atoms with Gasteiger partial charge in [0.15, 0.2) is 5.82 Å². The molecule has 2 aromatic rings. The highest BCUT2D eigenvalue weighted by Gasteiger charge is 2.14. The molecule has 0 atom stereocenters. The number of aryl methyl sites for hydroxylation is 2. The lowest BCUT2D eigenvalue weighted by Gasteiger charge is -2.02. The number of aromatic nitrogens is 2. The Hall–Kier alpha value is -1.62. The van der Waals surface area contributed by atoms with E-state index in [0.29, 0.717) is 24.3 Å². The minimum Gasteiger partial charge on any atom is -0.466 e. The Kier molecular flexibility index (Phi) is 3.28. The summed E-state index contributed by atoms with van der Waals surface area (Å²) in [5.41, 5.74) is 0.866. The summed E-state index contributed by atoms with van der Waals surface area (Å²) in [6, 6.07) is 2.30. The molecule has 0 saturated carbocycles. The summed E-state index contributed by atoms with van der Waals surface area (Å²) in [5, 5.41) is 7.16. The molecule has 0 amide bonds. The molecule has 92 valence electrons. The van der Waals surface area contributed by atoms with Gasteiger partial charge in [-0.25, -0.2) is 0 Å². The Morgan fingerprint density at radius 1 is 1.35 bits per heavy atom. The molecule has 2 rings (SSSR count). The van der Waals surface area contributed by atoms with Crippen LogP contribution in [0.2, 0.25) is 0 Å². The fraction of sp³-hybridized carbons (Fsp3) is 0.500. The quantitative estimate of drug-likeness (QED) is 0.881. The molecule has 0 aromatic carbocycles. The summed E-state index contributed by atoms with van der Waals surface area (Å²) in [4.78, 5) is 4.33. The monoisotopic (exact) mass is 235 g/mol. The van der Waals surface area contributed by atoms with Gasteiger partial charge in [-0.2, -0.15) is 4.98 Å². The molecule has 0 spiro atoms. The molecule has 0 saturated heterocycles. The van der Waals surface area contributed by atoms with Crippen molar-refractivity contribution in [3.63, 3.8) is 0 Å². The van der Waals surface area contributed by atoms with Gasteiger partial charge in [0.05, 0.1) is 12.1 Å². The molecule has 2 heterocycles. The van der Waals surface area contributed by atoms with E-state index in [1.54, 1.807) is 0 Å². The van der Waals surface area contributed by atoms with Crippen LogP contribution in [-0.4, -0.2) is 16.2 Å². The maximum Gasteiger partial charge on any atom is 0.261 e. The maximum absolute atomic E-state index is 5.43. The van der Waals surface area contributed by atoms with E-state index in [4.69, 9.17) is 8.94 Å². The molecule has 2 aromatic heterocycles. The predicted octanol–water partition coefficient (Wildman–Crippen LogP) is 2.44. The average molecular weight is 235 g/mol. The average Bonchev–Trinajstić information content (AvgIpc) is 2.82. The number of furan rings is 1. The van der Waals surface area contributed by atoms with E-state index < -0.39 is 0 Å². The third kappa shape index (κ3) is 2.74. The zero-order valence-electron chi connectivity index (χ0n) is 10.6. The SMILES string of the molecule is Cc1cc(-c2nc(CNC(C)C)no2)c(C)o1. The highest BCUT2D eigenvalue weighted by atomic mass is 16.5. The Morgan fingerprint density at radius 2 is 2.12 bits per heavy atom. The van der Waals surface area contributed by atoms with Crippen molar-refractivity contribution < 1.29 is 8.94 Å². The van der Waals surface area contributed by atoms with Crippen molar-refractivity contribution in [1.29, 1.82) is 0 Å². The zero-order chi connectivity index (χ0) is 12.4. The van der Waals surface area contributed by atoms with E-state index in [1.807, 2.05) is 19.9 Å². The lowest BCUT2D eigenvalue weighted by atomic mass is 10.2. The Balaban J connectivity index is 2.15. The summed E-state index contributed by atoms with van der Waals surface area (Å²) in [7, 11) is 0. The van der Waals surface area contributed by atoms with Crippen LogP contribution in [0.15, 0.2) is 15.0 Å². The summed E-state index contributed by atoms with van der Waals surface area (Å²) in [5.74, 6) is 2.82. The first-order chi connectivity index (χ1) is 8.06. The smallest absolute Gasteiger partial charge is 0.261 e. The van der Waals surface area contributed by atoms with E-state index in [0.717, 1.165) is 17.1 Å². The van der Waals surface area contributed by atoms with Crippen molar-refractivity contribution >= 4 is 0 Å². The third-order valence-electron chi connectivity index (χ3n) is 2.41. The highest BCUT2D eigenvalue weighted by Crippen LogP contribution is 2.24. The van der Waals surface area contributed by atoms with Gasteiger partial charge in [0, 0.05) is 6.04 Å². The molecular weight excluding hydrogens is 218 g/mol. The van der Waals surface area contributed by atoms with Gasteiger partial charge in [0.1, 0.15) is 11.5 Å². The molecule has 0 aliphatic rings. The molecule has 0 unspecified atom stereocenters. The molecule has 17 heavy (non-hydrogen) atoms. The van der Waals surface area contributed by atoms with Crippen LogP contribution in [0.25, 0.3) is 11.5 Å². The number of hydrogen-bond acceptors (Lipinski definition) is 5. The third-order valence-corrected chi connectivity index (χ3v) is 2.41. The molecule has 0 aliphatic carbocycles. The van der Waals surface area contributed by atoms with Crippen molar-refractivity contribution in [3.05, 3.63) is 23.4 Å². The second-order valence-corrected chi connectivity index (χ2v) is 4.38. The van der Waals surface area contributed by atoms with Gasteiger partial charge in [0.2, 0.25) is 0 Å². The predicted molar refractivity (Wildman–Crippen MR) is 63.4 cm³/mol. The van der Waals surface area contributed by atoms with Crippen LogP contribution in [-0.2, 0) is 6.54 Å². The minimum atomic E-state index is 0.398. The van der Waals surface area contributed by atoms with Crippen LogP contribution in [0.1, 0.15) is 31.2 Å². The number of nitrogens with one attached hydrogen (secondary N) is 1. The van der Waals surface area contributed by atoms with Gasteiger partial charge in [-0.15, -0.1) is 0 Å². The van der Waals surface area contributed by atoms with Gasteiger partial charge in [-0.3, -0.25) is 0 Å². The number of nitrogens with zero attached hydrogens (tertiary/aromatic N) is 2. The normalized spacial score (nSPS) is 11.4. The number of hydrogen-bond donors (Lipinski definition) is 1. The van der Waals surface area contributed by atoms with E-state index >= 15 is 0 Å². The largest absolute Gasteiger partial charge is 0.466 e. The van der Waals surface area contributed by atoms with Crippen LogP contribution >= 0.6 is 0 Å². The van der Waals surface area contributed by atoms with Crippen LogP contribution in [0.3, 0.4) is 0 Å². The first kappa shape index (κ1) is 11.9. The first-order valence-corrected chi connectivity index (χ1v) is 5.69. The fourth-order valence-corrected chi connectivity index (χ4v) is 1.57. The van der Waals surface area contributed by atoms with Crippen LogP contribution < -0.4 is 5.32 Å². The van der Waals surface area contributed by atoms with E-state index in [2.05, 4.69) is 29.3 Å². The summed E-state index contributed by atoms with van der Waals surface area (Å²) in [6.07, 6.45) is 0. The van der Waals surface area contributed by atoms with E-state index in [-0.39, 0.29) is 0 Å². The van der Waals surface area contributed by atoms with Gasteiger partial charge in [-0.1, -0.05) is 19.0 Å². The van der Waals surface area contributed by atoms with Crippen molar-refractivity contribution in [2.24, 2.45) is 0 Å². The summed E-state index contributed by atoms with van der Waals surface area (Å²) in [6.45, 7) is 8.54. The molecule has 0 fully saturated rings. The summed E-state index contributed by atoms with van der Waals surface area (Å²) >= 11 is 0. The topological polar surface area (TPSA) is 64.1 Å². The highest BCUT2D eigenvalue weighted by molar-refractivity contribution is 5.55. The van der Waals surface area contributed by atoms with E-state index in [1.165, 1.54) is 0 Å². The number of rotatable bonds is 4. The molecule has 5 heteroatoms. The molecule has 1 N–H and O–H groups in total. The maximum atomic E-state index is 5.43. The van der Waals surface area contributed by atoms with Gasteiger partial charge >= 0.3 is 0 Å². The minimum absolute atomic E-state index is 0.398. The zero-order valence-corrected chi connectivity index (χ0v) is 10.6. The van der Waals surface area contributed by atoms with Gasteiger partial charge in [-0.05, 0) is 19.9 Å². The van der Waals surface area contributed by atoms with E-state index in [9.17, 15) is 0 Å². The lowest BCUT2D eigenvalue weighted by Crippen LogP contribution is -2.22. The Morgan fingerprint density at radius 3 is 2.71 bits per heavy atom. The van der Waals surface area contributed by atoms with Crippen LogP contribution in [0.4, 0.5) is 0 Å². The van der Waals surface area contributed by atoms with Crippen molar-refractivity contribution in [3.8, 4) is 11.5 Å². The summed E-state index contributed by atoms with van der Waals surface area (Å²) < 4.78 is 10.6. The molecule has 5 nitrogen and oxygen atoms in total. The Labute approximate surface area is 100 Å². The fourth-order valence-electron chi connectivity index (χ4n) is 1.57. The van der Waals surface area contributed by atoms with Gasteiger partial charge in [0.25, 0.3) is 5.89 Å². The van der Waals surface area contributed by atoms with Crippen LogP contribution in [0, 0.1) is 13.8 Å². The Bertz CT molecular complexity index is 500. The second-order valence-electron chi connectivity index (χ2n) is 4.38. The van der Waals surface area contributed by atoms with Crippen LogP contribution in [0.5, 0.6) is 0 Å². The lowest BCUT2D eigenvalue weighted by molar-refractivity contribution is 0.416. The molecular formula is C12H17N3O2. The molecule has 0 bridgehead atoms. The first-order valence-electron chi connectivity index (χ1n) is 5.69. The standard InChI is InChI=1S/C12H17N3O2/c1-7(2)13-6-11-14-12(17-15-11)10-5-8(3)16-9(10)4/h5,7,13H,6H2,1-4H3. The molecule has 0 aliphatic heterocycles.